The summed E-state index contributed by atoms with van der Waals surface area (Å²) < 4.78 is 0. The van der Waals surface area contributed by atoms with Crippen LogP contribution in [0.15, 0.2) is 12.2 Å². The van der Waals surface area contributed by atoms with Crippen molar-refractivity contribution >= 4 is 11.9 Å². The molecule has 1 rings (SSSR count). The van der Waals surface area contributed by atoms with Gasteiger partial charge in [-0.25, -0.2) is 0 Å². The normalized spacial score (nSPS) is 25.3. The number of aliphatic hydroxyl groups excluding tert-OH is 1. The number of amides is 1. The molecule has 0 bridgehead atoms. The Morgan fingerprint density at radius 2 is 2.14 bits per heavy atom. The number of nitrogens with zero attached hydrogens (tertiary/aromatic N) is 1. The highest BCUT2D eigenvalue weighted by Crippen LogP contribution is 2.27. The van der Waals surface area contributed by atoms with Crippen molar-refractivity contribution in [2.24, 2.45) is 11.8 Å². The molecule has 1 aliphatic heterocycles. The van der Waals surface area contributed by atoms with Crippen LogP contribution in [0.2, 0.25) is 0 Å². The Morgan fingerprint density at radius 1 is 1.45 bits per heavy atom. The highest BCUT2D eigenvalue weighted by Gasteiger charge is 2.37. The fourth-order valence-electron chi connectivity index (χ4n) is 3.16. The third-order valence-corrected chi connectivity index (χ3v) is 4.11. The van der Waals surface area contributed by atoms with Gasteiger partial charge in [0.25, 0.3) is 0 Å². The fraction of sp³-hybridized carbons (Fsp3) is 0.750. The Morgan fingerprint density at radius 3 is 2.64 bits per heavy atom. The predicted octanol–water partition coefficient (Wildman–Crippen LogP) is 1.21. The molecule has 3 N–H and O–H groups in total. The van der Waals surface area contributed by atoms with Gasteiger partial charge in [0.1, 0.15) is 12.3 Å². The van der Waals surface area contributed by atoms with Crippen LogP contribution >= 0.6 is 0 Å². The van der Waals surface area contributed by atoms with E-state index < -0.39 is 18.2 Å². The Labute approximate surface area is 132 Å². The molecule has 22 heavy (non-hydrogen) atoms. The molecule has 0 radical (unpaired) electrons. The Kier molecular flexibility index (Phi) is 7.55. The van der Waals surface area contributed by atoms with Crippen LogP contribution < -0.4 is 5.32 Å². The highest BCUT2D eigenvalue weighted by molar-refractivity contribution is 5.74. The van der Waals surface area contributed by atoms with E-state index in [2.05, 4.69) is 5.32 Å². The molecule has 0 aromatic heterocycles. The van der Waals surface area contributed by atoms with Crippen LogP contribution in [-0.4, -0.2) is 52.3 Å². The maximum absolute atomic E-state index is 11.5. The van der Waals surface area contributed by atoms with Crippen LogP contribution in [0.1, 0.15) is 40.0 Å². The van der Waals surface area contributed by atoms with Crippen LogP contribution in [0.25, 0.3) is 0 Å². The summed E-state index contributed by atoms with van der Waals surface area (Å²) in [6.07, 6.45) is 5.24. The van der Waals surface area contributed by atoms with Gasteiger partial charge in [-0.2, -0.15) is 0 Å². The zero-order chi connectivity index (χ0) is 16.7. The van der Waals surface area contributed by atoms with Crippen molar-refractivity contribution in [1.82, 2.24) is 10.2 Å². The SMILES string of the molecule is C/C=C\C1CC(C(=O)O)N(CC(CCC)C(O)NC(C)=O)C1. The quantitative estimate of drug-likeness (QED) is 0.463. The number of aliphatic hydroxyl groups is 1. The van der Waals surface area contributed by atoms with Crippen LogP contribution in [0.4, 0.5) is 0 Å². The smallest absolute Gasteiger partial charge is 0.320 e. The van der Waals surface area contributed by atoms with Gasteiger partial charge >= 0.3 is 5.97 Å². The fourth-order valence-corrected chi connectivity index (χ4v) is 3.16. The van der Waals surface area contributed by atoms with Gasteiger partial charge in [0.05, 0.1) is 0 Å². The maximum atomic E-state index is 11.5. The number of hydrogen-bond donors (Lipinski definition) is 3. The summed E-state index contributed by atoms with van der Waals surface area (Å²) in [4.78, 5) is 24.5. The zero-order valence-electron chi connectivity index (χ0n) is 13.7. The first kappa shape index (κ1) is 18.6. The number of rotatable bonds is 8. The van der Waals surface area contributed by atoms with Crippen molar-refractivity contribution in [3.8, 4) is 0 Å². The average molecular weight is 312 g/mol. The summed E-state index contributed by atoms with van der Waals surface area (Å²) in [7, 11) is 0. The molecule has 1 saturated heterocycles. The number of nitrogens with one attached hydrogen (secondary N) is 1. The van der Waals surface area contributed by atoms with E-state index in [4.69, 9.17) is 0 Å². The Balaban J connectivity index is 2.76. The second-order valence-corrected chi connectivity index (χ2v) is 6.02. The van der Waals surface area contributed by atoms with Gasteiger partial charge in [-0.1, -0.05) is 25.5 Å². The van der Waals surface area contributed by atoms with Crippen LogP contribution in [0.5, 0.6) is 0 Å². The molecule has 1 aliphatic rings. The lowest BCUT2D eigenvalue weighted by molar-refractivity contribution is -0.142. The van der Waals surface area contributed by atoms with Gasteiger partial charge in [0, 0.05) is 25.9 Å². The van der Waals surface area contributed by atoms with Gasteiger partial charge in [-0.15, -0.1) is 0 Å². The average Bonchev–Trinajstić information content (AvgIpc) is 2.81. The number of carboxylic acid groups (broad SMARTS) is 1. The van der Waals surface area contributed by atoms with Crippen molar-refractivity contribution in [1.29, 1.82) is 0 Å². The molecule has 0 aliphatic carbocycles. The number of hydrogen-bond acceptors (Lipinski definition) is 4. The minimum Gasteiger partial charge on any atom is -0.480 e. The maximum Gasteiger partial charge on any atom is 0.320 e. The first-order valence-corrected chi connectivity index (χ1v) is 7.93. The number of likely N-dealkylation sites (tertiary alicyclic amines) is 1. The third kappa shape index (κ3) is 5.42. The molecule has 4 unspecified atom stereocenters. The van der Waals surface area contributed by atoms with E-state index >= 15 is 0 Å². The molecule has 0 aromatic rings. The van der Waals surface area contributed by atoms with Crippen LogP contribution in [-0.2, 0) is 9.59 Å². The van der Waals surface area contributed by atoms with Crippen LogP contribution in [0, 0.1) is 11.8 Å². The number of carbonyl (C=O) groups excluding carboxylic acids is 1. The van der Waals surface area contributed by atoms with E-state index in [1.54, 1.807) is 0 Å². The van der Waals surface area contributed by atoms with Gasteiger partial charge in [-0.05, 0) is 25.7 Å². The standard InChI is InChI=1S/C16H28N2O4/c1-4-6-12-8-14(16(21)22)18(9-12)10-13(7-5-2)15(20)17-11(3)19/h4,6,12-15,20H,5,7-10H2,1-3H3,(H,17,19)(H,21,22)/b6-4-. The van der Waals surface area contributed by atoms with E-state index in [1.165, 1.54) is 6.92 Å². The number of carbonyl (C=O) groups is 2. The monoisotopic (exact) mass is 312 g/mol. The van der Waals surface area contributed by atoms with Gasteiger partial charge < -0.3 is 15.5 Å². The first-order chi connectivity index (χ1) is 10.4. The topological polar surface area (TPSA) is 89.9 Å². The second kappa shape index (κ2) is 8.90. The number of carboxylic acids is 1. The lowest BCUT2D eigenvalue weighted by Gasteiger charge is -2.30. The van der Waals surface area contributed by atoms with Crippen molar-refractivity contribution in [2.75, 3.05) is 13.1 Å². The first-order valence-electron chi connectivity index (χ1n) is 7.93. The summed E-state index contributed by atoms with van der Waals surface area (Å²) in [6.45, 7) is 6.45. The van der Waals surface area contributed by atoms with E-state index in [0.717, 1.165) is 12.8 Å². The van der Waals surface area contributed by atoms with E-state index in [-0.39, 0.29) is 17.7 Å². The molecule has 1 fully saturated rings. The second-order valence-electron chi connectivity index (χ2n) is 6.02. The molecule has 0 aromatic carbocycles. The minimum atomic E-state index is -0.937. The van der Waals surface area contributed by atoms with Gasteiger partial charge in [-0.3, -0.25) is 14.5 Å². The molecule has 6 nitrogen and oxygen atoms in total. The minimum absolute atomic E-state index is 0.167. The van der Waals surface area contributed by atoms with Crippen LogP contribution in [0.3, 0.4) is 0 Å². The van der Waals surface area contributed by atoms with E-state index in [0.29, 0.717) is 19.5 Å². The summed E-state index contributed by atoms with van der Waals surface area (Å²) in [5.41, 5.74) is 0. The molecular formula is C16H28N2O4. The lowest BCUT2D eigenvalue weighted by Crippen LogP contribution is -2.46. The number of aliphatic carboxylic acids is 1. The highest BCUT2D eigenvalue weighted by atomic mass is 16.4. The molecule has 126 valence electrons. The van der Waals surface area contributed by atoms with Crippen molar-refractivity contribution in [2.45, 2.75) is 52.3 Å². The Hall–Kier alpha value is -1.40. The molecule has 0 saturated carbocycles. The summed E-state index contributed by atoms with van der Waals surface area (Å²) in [5, 5.41) is 22.1. The largest absolute Gasteiger partial charge is 0.480 e. The van der Waals surface area contributed by atoms with Crippen molar-refractivity contribution in [3.63, 3.8) is 0 Å². The lowest BCUT2D eigenvalue weighted by atomic mass is 10.0. The van der Waals surface area contributed by atoms with E-state index in [9.17, 15) is 19.8 Å². The molecule has 1 amide bonds. The van der Waals surface area contributed by atoms with E-state index in [1.807, 2.05) is 30.9 Å². The summed E-state index contributed by atoms with van der Waals surface area (Å²) >= 11 is 0. The molecular weight excluding hydrogens is 284 g/mol. The molecule has 0 spiro atoms. The number of allylic oxidation sites excluding steroid dienone is 1. The summed E-state index contributed by atoms with van der Waals surface area (Å²) in [5.74, 6) is -1.04. The molecule has 6 heteroatoms. The van der Waals surface area contributed by atoms with Gasteiger partial charge in [0.2, 0.25) is 5.91 Å². The van der Waals surface area contributed by atoms with Gasteiger partial charge in [0.15, 0.2) is 0 Å². The third-order valence-electron chi connectivity index (χ3n) is 4.11. The predicted molar refractivity (Wildman–Crippen MR) is 84.1 cm³/mol. The molecule has 4 atom stereocenters. The zero-order valence-corrected chi connectivity index (χ0v) is 13.7. The summed E-state index contributed by atoms with van der Waals surface area (Å²) in [6, 6.07) is -0.523. The van der Waals surface area contributed by atoms with Crippen molar-refractivity contribution in [3.05, 3.63) is 12.2 Å². The molecule has 1 heterocycles. The van der Waals surface area contributed by atoms with Crippen molar-refractivity contribution < 1.29 is 19.8 Å². The Bertz CT molecular complexity index is 411.